The van der Waals surface area contributed by atoms with Crippen molar-refractivity contribution >= 4 is 27.5 Å². The highest BCUT2D eigenvalue weighted by atomic mass is 32.1. The maximum Gasteiger partial charge on any atom is 0.329 e. The number of ether oxygens (including phenoxy) is 2. The van der Waals surface area contributed by atoms with Crippen molar-refractivity contribution in [3.63, 3.8) is 0 Å². The van der Waals surface area contributed by atoms with Crippen LogP contribution in [0.25, 0.3) is 21.3 Å². The van der Waals surface area contributed by atoms with Crippen LogP contribution in [0.3, 0.4) is 0 Å². The van der Waals surface area contributed by atoms with Crippen LogP contribution in [-0.4, -0.2) is 28.7 Å². The van der Waals surface area contributed by atoms with Gasteiger partial charge >= 0.3 is 5.97 Å². The van der Waals surface area contributed by atoms with Gasteiger partial charge in [-0.15, -0.1) is 11.3 Å². The van der Waals surface area contributed by atoms with E-state index in [1.54, 1.807) is 6.92 Å². The van der Waals surface area contributed by atoms with Crippen molar-refractivity contribution in [1.29, 1.82) is 0 Å². The van der Waals surface area contributed by atoms with E-state index in [9.17, 15) is 9.59 Å². The molecule has 0 spiro atoms. The monoisotopic (exact) mass is 428 g/mol. The van der Waals surface area contributed by atoms with Gasteiger partial charge in [0.1, 0.15) is 22.4 Å². The molecule has 1 aromatic carbocycles. The van der Waals surface area contributed by atoms with Crippen molar-refractivity contribution in [2.24, 2.45) is 0 Å². The van der Waals surface area contributed by atoms with Crippen molar-refractivity contribution in [3.8, 4) is 16.9 Å². The van der Waals surface area contributed by atoms with E-state index in [1.165, 1.54) is 15.9 Å². The van der Waals surface area contributed by atoms with Gasteiger partial charge in [0.15, 0.2) is 0 Å². The zero-order chi connectivity index (χ0) is 21.8. The summed E-state index contributed by atoms with van der Waals surface area (Å²) in [6, 6.07) is 7.03. The number of esters is 1. The van der Waals surface area contributed by atoms with Gasteiger partial charge in [-0.05, 0) is 51.3 Å². The van der Waals surface area contributed by atoms with Gasteiger partial charge in [-0.3, -0.25) is 9.36 Å². The number of fused-ring (bicyclic) bond motifs is 1. The minimum absolute atomic E-state index is 0.203. The van der Waals surface area contributed by atoms with E-state index in [-0.39, 0.29) is 11.5 Å². The molecule has 30 heavy (non-hydrogen) atoms. The van der Waals surface area contributed by atoms with Crippen LogP contribution in [0.1, 0.15) is 50.4 Å². The van der Waals surface area contributed by atoms with Crippen molar-refractivity contribution in [1.82, 2.24) is 9.55 Å². The smallest absolute Gasteiger partial charge is 0.329 e. The average Bonchev–Trinajstić information content (AvgIpc) is 3.05. The lowest BCUT2D eigenvalue weighted by Gasteiger charge is -2.19. The predicted molar refractivity (Wildman–Crippen MR) is 121 cm³/mol. The maximum atomic E-state index is 13.6. The van der Waals surface area contributed by atoms with Gasteiger partial charge in [0.2, 0.25) is 0 Å². The summed E-state index contributed by atoms with van der Waals surface area (Å²) in [4.78, 5) is 32.6. The number of carbonyl (C=O) groups excluding carboxylic acids is 1. The molecule has 0 N–H and O–H groups in total. The number of hydrogen-bond donors (Lipinski definition) is 0. The third kappa shape index (κ3) is 4.12. The fourth-order valence-electron chi connectivity index (χ4n) is 3.63. The summed E-state index contributed by atoms with van der Waals surface area (Å²) in [7, 11) is 0. The molecule has 0 amide bonds. The Bertz CT molecular complexity index is 1100. The van der Waals surface area contributed by atoms with Crippen LogP contribution in [-0.2, 0) is 9.53 Å². The first-order chi connectivity index (χ1) is 14.4. The van der Waals surface area contributed by atoms with E-state index in [4.69, 9.17) is 9.47 Å². The van der Waals surface area contributed by atoms with Gasteiger partial charge in [0.25, 0.3) is 5.56 Å². The number of thiophene rings is 1. The van der Waals surface area contributed by atoms with E-state index in [0.717, 1.165) is 28.2 Å². The fourth-order valence-corrected chi connectivity index (χ4v) is 4.71. The van der Waals surface area contributed by atoms with E-state index in [0.29, 0.717) is 35.7 Å². The minimum Gasteiger partial charge on any atom is -0.494 e. The largest absolute Gasteiger partial charge is 0.494 e. The van der Waals surface area contributed by atoms with Crippen molar-refractivity contribution in [2.75, 3.05) is 13.2 Å². The van der Waals surface area contributed by atoms with Crippen LogP contribution >= 0.6 is 11.3 Å². The minimum atomic E-state index is -0.686. The van der Waals surface area contributed by atoms with Crippen molar-refractivity contribution < 1.29 is 14.3 Å². The summed E-state index contributed by atoms with van der Waals surface area (Å²) in [5.74, 6) is 0.919. The molecule has 2 aromatic heterocycles. The Morgan fingerprint density at radius 1 is 1.17 bits per heavy atom. The second-order valence-corrected chi connectivity index (χ2v) is 8.30. The van der Waals surface area contributed by atoms with Crippen molar-refractivity contribution in [2.45, 2.75) is 53.5 Å². The van der Waals surface area contributed by atoms with Crippen LogP contribution in [0.15, 0.2) is 29.1 Å². The van der Waals surface area contributed by atoms with Crippen molar-refractivity contribution in [3.05, 3.63) is 45.3 Å². The highest BCUT2D eigenvalue weighted by Gasteiger charge is 2.26. The Hall–Kier alpha value is -2.67. The third-order valence-corrected chi connectivity index (χ3v) is 5.98. The molecular weight excluding hydrogens is 400 g/mol. The predicted octanol–water partition coefficient (Wildman–Crippen LogP) is 5.04. The molecule has 0 aliphatic heterocycles. The average molecular weight is 429 g/mol. The summed E-state index contributed by atoms with van der Waals surface area (Å²) >= 11 is 1.49. The quantitative estimate of drug-likeness (QED) is 0.470. The molecule has 0 saturated heterocycles. The van der Waals surface area contributed by atoms with Gasteiger partial charge < -0.3 is 9.47 Å². The third-order valence-electron chi connectivity index (χ3n) is 4.98. The lowest BCUT2D eigenvalue weighted by atomic mass is 10.0. The standard InChI is InChI=1S/C23H28N2O4S/c1-6-13-29-23(27)18(7-2)25-15(5)24-21-20(22(25)26)19(14(4)30-21)16-9-11-17(12-10-16)28-8-3/h9-12,18H,6-8,13H2,1-5H3. The summed E-state index contributed by atoms with van der Waals surface area (Å²) < 4.78 is 12.4. The van der Waals surface area contributed by atoms with Gasteiger partial charge in [-0.2, -0.15) is 0 Å². The normalized spacial score (nSPS) is 12.2. The Balaban J connectivity index is 2.17. The SMILES string of the molecule is CCCOC(=O)C(CC)n1c(C)nc2sc(C)c(-c3ccc(OCC)cc3)c2c1=O. The van der Waals surface area contributed by atoms with Crippen LogP contribution in [0, 0.1) is 13.8 Å². The van der Waals surface area contributed by atoms with Gasteiger partial charge in [0.05, 0.1) is 18.6 Å². The molecule has 1 atom stereocenters. The fraction of sp³-hybridized carbons (Fsp3) is 0.435. The zero-order valence-corrected chi connectivity index (χ0v) is 19.0. The molecular formula is C23H28N2O4S. The van der Waals surface area contributed by atoms with Gasteiger partial charge in [-0.1, -0.05) is 26.0 Å². The molecule has 0 bridgehead atoms. The molecule has 2 heterocycles. The number of carbonyl (C=O) groups is 1. The molecule has 0 saturated carbocycles. The number of nitrogens with zero attached hydrogens (tertiary/aromatic N) is 2. The van der Waals surface area contributed by atoms with Crippen LogP contribution in [0.2, 0.25) is 0 Å². The number of aryl methyl sites for hydroxylation is 2. The molecule has 7 heteroatoms. The molecule has 1 unspecified atom stereocenters. The summed E-state index contributed by atoms with van der Waals surface area (Å²) in [6.45, 7) is 10.5. The van der Waals surface area contributed by atoms with E-state index in [2.05, 4.69) is 4.98 Å². The number of aromatic nitrogens is 2. The lowest BCUT2D eigenvalue weighted by molar-refractivity contribution is -0.148. The summed E-state index contributed by atoms with van der Waals surface area (Å²) in [5, 5.41) is 0.550. The maximum absolute atomic E-state index is 13.6. The molecule has 0 aliphatic carbocycles. The number of hydrogen-bond acceptors (Lipinski definition) is 6. The highest BCUT2D eigenvalue weighted by molar-refractivity contribution is 7.19. The second kappa shape index (κ2) is 9.43. The van der Waals surface area contributed by atoms with Gasteiger partial charge in [-0.25, -0.2) is 9.78 Å². The number of benzene rings is 1. The Kier molecular flexibility index (Phi) is 6.92. The molecule has 0 fully saturated rings. The molecule has 160 valence electrons. The molecule has 6 nitrogen and oxygen atoms in total. The van der Waals surface area contributed by atoms with Crippen LogP contribution in [0.4, 0.5) is 0 Å². The topological polar surface area (TPSA) is 70.4 Å². The lowest BCUT2D eigenvalue weighted by Crippen LogP contribution is -2.33. The molecule has 3 aromatic rings. The van der Waals surface area contributed by atoms with Crippen LogP contribution < -0.4 is 10.3 Å². The first kappa shape index (κ1) is 22.0. The Morgan fingerprint density at radius 3 is 2.47 bits per heavy atom. The first-order valence-electron chi connectivity index (χ1n) is 10.3. The highest BCUT2D eigenvalue weighted by Crippen LogP contribution is 2.36. The Labute approximate surface area is 180 Å². The van der Waals surface area contributed by atoms with Gasteiger partial charge in [0, 0.05) is 10.4 Å². The summed E-state index contributed by atoms with van der Waals surface area (Å²) in [5.41, 5.74) is 1.59. The zero-order valence-electron chi connectivity index (χ0n) is 18.2. The Morgan fingerprint density at radius 2 is 1.87 bits per heavy atom. The molecule has 3 rings (SSSR count). The molecule has 0 aliphatic rings. The first-order valence-corrected chi connectivity index (χ1v) is 11.2. The van der Waals surface area contributed by atoms with E-state index < -0.39 is 6.04 Å². The summed E-state index contributed by atoms with van der Waals surface area (Å²) in [6.07, 6.45) is 1.19. The van der Waals surface area contributed by atoms with E-state index >= 15 is 0 Å². The number of rotatable bonds is 8. The van der Waals surface area contributed by atoms with Crippen LogP contribution in [0.5, 0.6) is 5.75 Å². The molecule has 0 radical (unpaired) electrons. The second-order valence-electron chi connectivity index (χ2n) is 7.10. The van der Waals surface area contributed by atoms with E-state index in [1.807, 2.05) is 52.0 Å².